The molecule has 49 heavy (non-hydrogen) atoms. The molecule has 4 unspecified atom stereocenters. The Kier molecular flexibility index (Phi) is 19.6. The standard InChI is InChI=1S/C27H32FN.C10H19N.C3H7N.C3H6.C2H2/c1-20(2)25(28)15-14-22-11-8-12-24(17-22)27(4,18-23-9-6-5-7-10-23)26-16-13-21(3)19-29-26;1-10(2,3)11-6-8-4-5-9(8)7-11;1-3-4-2;1-3-2;1-2/h5-13,16-17,19-20,25H,14-15,18H2,1-4H3;8-9H,4-7H2,1-3H3;3-4H,1H2,2H3;3H,1H2,2H3;1-2H. The van der Waals surface area contributed by atoms with E-state index in [9.17, 15) is 4.39 Å². The number of hydrogen-bond donors (Lipinski definition) is 1. The molecule has 4 atom stereocenters. The van der Waals surface area contributed by atoms with Crippen LogP contribution in [0.4, 0.5) is 4.39 Å². The minimum Gasteiger partial charge on any atom is -0.394 e. The second-order valence-corrected chi connectivity index (χ2v) is 14.8. The zero-order valence-corrected chi connectivity index (χ0v) is 32.2. The number of benzene rings is 2. The Balaban J connectivity index is 0.000000489. The first-order valence-electron chi connectivity index (χ1n) is 17.9. The monoisotopic (exact) mass is 668 g/mol. The van der Waals surface area contributed by atoms with Crippen LogP contribution in [0.5, 0.6) is 0 Å². The number of allylic oxidation sites excluding steroid dienone is 1. The third kappa shape index (κ3) is 14.4. The number of hydrogen-bond acceptors (Lipinski definition) is 3. The number of nitrogens with one attached hydrogen (secondary N) is 1. The van der Waals surface area contributed by atoms with Gasteiger partial charge in [-0.05, 0) is 126 Å². The van der Waals surface area contributed by atoms with E-state index < -0.39 is 6.17 Å². The van der Waals surface area contributed by atoms with E-state index in [1.807, 2.05) is 40.1 Å². The first kappa shape index (κ1) is 43.3. The highest BCUT2D eigenvalue weighted by molar-refractivity contribution is 5.40. The molecule has 1 saturated heterocycles. The molecule has 4 heteroatoms. The summed E-state index contributed by atoms with van der Waals surface area (Å²) in [5.74, 6) is 2.20. The molecule has 1 N–H and O–H groups in total. The van der Waals surface area contributed by atoms with Gasteiger partial charge in [-0.2, -0.15) is 0 Å². The molecule has 1 aliphatic heterocycles. The second-order valence-electron chi connectivity index (χ2n) is 14.8. The average molecular weight is 668 g/mol. The van der Waals surface area contributed by atoms with Crippen LogP contribution in [0.3, 0.4) is 0 Å². The zero-order valence-electron chi connectivity index (χ0n) is 32.2. The van der Waals surface area contributed by atoms with Crippen LogP contribution in [-0.2, 0) is 18.3 Å². The third-order valence-corrected chi connectivity index (χ3v) is 9.51. The van der Waals surface area contributed by atoms with E-state index in [4.69, 9.17) is 4.98 Å². The van der Waals surface area contributed by atoms with Crippen LogP contribution in [0.2, 0.25) is 0 Å². The normalized spacial score (nSPS) is 18.0. The largest absolute Gasteiger partial charge is 0.394 e. The molecule has 2 aromatic carbocycles. The zero-order chi connectivity index (χ0) is 37.0. The van der Waals surface area contributed by atoms with Crippen molar-refractivity contribution in [3.8, 4) is 12.8 Å². The molecule has 1 saturated carbocycles. The van der Waals surface area contributed by atoms with Gasteiger partial charge in [0.2, 0.25) is 0 Å². The number of pyridine rings is 1. The Hall–Kier alpha value is -3.68. The summed E-state index contributed by atoms with van der Waals surface area (Å²) in [4.78, 5) is 7.44. The van der Waals surface area contributed by atoms with E-state index in [2.05, 4.69) is 132 Å². The second kappa shape index (κ2) is 22.1. The van der Waals surface area contributed by atoms with E-state index >= 15 is 0 Å². The number of halogens is 1. The van der Waals surface area contributed by atoms with Gasteiger partial charge < -0.3 is 5.32 Å². The fourth-order valence-electron chi connectivity index (χ4n) is 6.15. The number of nitrogens with zero attached hydrogens (tertiary/aromatic N) is 2. The molecule has 1 aromatic heterocycles. The first-order chi connectivity index (χ1) is 23.3. The lowest BCUT2D eigenvalue weighted by molar-refractivity contribution is 0.169. The highest BCUT2D eigenvalue weighted by Gasteiger charge is 2.42. The molecular weight excluding hydrogens is 602 g/mol. The molecule has 0 amide bonds. The molecule has 5 rings (SSSR count). The van der Waals surface area contributed by atoms with Crippen molar-refractivity contribution in [3.63, 3.8) is 0 Å². The molecule has 3 aromatic rings. The van der Waals surface area contributed by atoms with Crippen LogP contribution < -0.4 is 5.32 Å². The van der Waals surface area contributed by atoms with Crippen molar-refractivity contribution in [2.24, 2.45) is 17.8 Å². The van der Waals surface area contributed by atoms with Gasteiger partial charge in [0.05, 0.1) is 5.69 Å². The van der Waals surface area contributed by atoms with E-state index in [0.29, 0.717) is 12.0 Å². The van der Waals surface area contributed by atoms with Crippen molar-refractivity contribution < 1.29 is 4.39 Å². The quantitative estimate of drug-likeness (QED) is 0.182. The van der Waals surface area contributed by atoms with Gasteiger partial charge in [-0.25, -0.2) is 4.39 Å². The third-order valence-electron chi connectivity index (χ3n) is 9.51. The summed E-state index contributed by atoms with van der Waals surface area (Å²) in [6.45, 7) is 26.6. The maximum atomic E-state index is 14.1. The van der Waals surface area contributed by atoms with Crippen LogP contribution in [0.25, 0.3) is 0 Å². The molecule has 2 aliphatic rings. The Bertz CT molecular complexity index is 1340. The molecule has 2 heterocycles. The van der Waals surface area contributed by atoms with E-state index in [1.165, 1.54) is 42.6 Å². The van der Waals surface area contributed by atoms with Crippen LogP contribution >= 0.6 is 0 Å². The summed E-state index contributed by atoms with van der Waals surface area (Å²) in [6.07, 6.45) is 17.8. The molecule has 0 radical (unpaired) electrons. The number of alkyl halides is 1. The Labute approximate surface area is 300 Å². The molecular formula is C45H66FN3. The number of rotatable bonds is 9. The van der Waals surface area contributed by atoms with Crippen LogP contribution in [0, 0.1) is 37.5 Å². The predicted molar refractivity (Wildman–Crippen MR) is 213 cm³/mol. The SMILES string of the molecule is C#C.C=CC.C=CNC.CC(C)(C)N1CC2CCC2C1.Cc1ccc(C(C)(Cc2ccccc2)c2cccc(CCC(F)C(C)C)c2)nc1. The van der Waals surface area contributed by atoms with Gasteiger partial charge in [0.1, 0.15) is 6.17 Å². The minimum absolute atomic E-state index is 0.0679. The Morgan fingerprint density at radius 3 is 1.94 bits per heavy atom. The van der Waals surface area contributed by atoms with E-state index in [-0.39, 0.29) is 11.3 Å². The van der Waals surface area contributed by atoms with E-state index in [1.54, 1.807) is 12.3 Å². The molecule has 2 fully saturated rings. The molecule has 1 aliphatic carbocycles. The highest BCUT2D eigenvalue weighted by atomic mass is 19.1. The lowest BCUT2D eigenvalue weighted by Crippen LogP contribution is -2.39. The molecule has 0 spiro atoms. The highest BCUT2D eigenvalue weighted by Crippen LogP contribution is 2.42. The minimum atomic E-state index is -0.756. The van der Waals surface area contributed by atoms with Gasteiger partial charge in [-0.3, -0.25) is 9.88 Å². The smallest absolute Gasteiger partial charge is 0.103 e. The van der Waals surface area contributed by atoms with Crippen molar-refractivity contribution in [3.05, 3.63) is 126 Å². The van der Waals surface area contributed by atoms with Crippen molar-refractivity contribution in [1.29, 1.82) is 0 Å². The van der Waals surface area contributed by atoms with Gasteiger partial charge in [0, 0.05) is 37.3 Å². The van der Waals surface area contributed by atoms with Crippen LogP contribution in [0.15, 0.2) is 98.4 Å². The summed E-state index contributed by atoms with van der Waals surface area (Å²) in [6, 6.07) is 23.5. The number of fused-ring (bicyclic) bond motifs is 1. The summed E-state index contributed by atoms with van der Waals surface area (Å²) < 4.78 is 14.1. The van der Waals surface area contributed by atoms with Crippen molar-refractivity contribution >= 4 is 0 Å². The van der Waals surface area contributed by atoms with Gasteiger partial charge in [-0.1, -0.05) is 87.2 Å². The lowest BCUT2D eigenvalue weighted by Gasteiger charge is -2.31. The maximum Gasteiger partial charge on any atom is 0.103 e. The van der Waals surface area contributed by atoms with Crippen molar-refractivity contribution in [2.75, 3.05) is 20.1 Å². The fraction of sp³-hybridized carbons (Fsp3) is 0.489. The Morgan fingerprint density at radius 1 is 0.939 bits per heavy atom. The van der Waals surface area contributed by atoms with Gasteiger partial charge in [-0.15, -0.1) is 19.4 Å². The summed E-state index contributed by atoms with van der Waals surface area (Å²) >= 11 is 0. The molecule has 3 nitrogen and oxygen atoms in total. The number of aryl methyl sites for hydroxylation is 2. The van der Waals surface area contributed by atoms with Crippen molar-refractivity contribution in [2.45, 2.75) is 105 Å². The van der Waals surface area contributed by atoms with E-state index in [0.717, 1.165) is 35.9 Å². The lowest BCUT2D eigenvalue weighted by atomic mass is 9.74. The predicted octanol–water partition coefficient (Wildman–Crippen LogP) is 10.8. The topological polar surface area (TPSA) is 28.2 Å². The number of terminal acetylenes is 1. The summed E-state index contributed by atoms with van der Waals surface area (Å²) in [7, 11) is 1.81. The molecule has 0 bridgehead atoms. The average Bonchev–Trinajstić information content (AvgIpc) is 3.39. The Morgan fingerprint density at radius 2 is 1.49 bits per heavy atom. The van der Waals surface area contributed by atoms with Crippen LogP contribution in [0.1, 0.15) is 95.7 Å². The van der Waals surface area contributed by atoms with Gasteiger partial charge in [0.15, 0.2) is 0 Å². The number of likely N-dealkylation sites (tertiary alicyclic amines) is 1. The summed E-state index contributed by atoms with van der Waals surface area (Å²) in [5, 5.41) is 2.69. The summed E-state index contributed by atoms with van der Waals surface area (Å²) in [5.41, 5.74) is 6.09. The fourth-order valence-corrected chi connectivity index (χ4v) is 6.15. The van der Waals surface area contributed by atoms with Gasteiger partial charge in [0.25, 0.3) is 0 Å². The maximum absolute atomic E-state index is 14.1. The molecule has 268 valence electrons. The van der Waals surface area contributed by atoms with Gasteiger partial charge >= 0.3 is 0 Å². The van der Waals surface area contributed by atoms with Crippen LogP contribution in [-0.4, -0.2) is 41.7 Å². The van der Waals surface area contributed by atoms with Crippen molar-refractivity contribution in [1.82, 2.24) is 15.2 Å². The number of aromatic nitrogens is 1. The first-order valence-corrected chi connectivity index (χ1v) is 17.9.